The second-order valence-electron chi connectivity index (χ2n) is 7.16. The normalized spacial score (nSPS) is 16.3. The van der Waals surface area contributed by atoms with Crippen LogP contribution in [0.2, 0.25) is 0 Å². The summed E-state index contributed by atoms with van der Waals surface area (Å²) in [5, 5.41) is 8.40. The quantitative estimate of drug-likeness (QED) is 0.636. The van der Waals surface area contributed by atoms with Gasteiger partial charge in [0.05, 0.1) is 6.54 Å². The van der Waals surface area contributed by atoms with E-state index in [9.17, 15) is 4.79 Å². The van der Waals surface area contributed by atoms with Crippen LogP contribution < -0.4 is 4.74 Å². The molecule has 0 aliphatic carbocycles. The molecule has 1 saturated heterocycles. The van der Waals surface area contributed by atoms with E-state index in [1.165, 1.54) is 5.56 Å². The molecule has 2 aromatic carbocycles. The Morgan fingerprint density at radius 3 is 2.61 bits per heavy atom. The number of rotatable bonds is 7. The lowest BCUT2D eigenvalue weighted by atomic mass is 10.0. The van der Waals surface area contributed by atoms with Crippen LogP contribution in [0.1, 0.15) is 17.8 Å². The molecule has 1 aromatic heterocycles. The van der Waals surface area contributed by atoms with Crippen molar-refractivity contribution in [3.05, 3.63) is 78.4 Å². The standard InChI is InChI=1S/C22H24N4O2/c27-22(16-28-20-9-5-2-6-10-20)25-12-11-19(15-25)13-21-24-23-17-26(21)14-18-7-3-1-4-8-18/h1-10,17,19H,11-16H2. The van der Waals surface area contributed by atoms with Crippen molar-refractivity contribution in [2.45, 2.75) is 19.4 Å². The van der Waals surface area contributed by atoms with Gasteiger partial charge in [-0.2, -0.15) is 0 Å². The maximum Gasteiger partial charge on any atom is 0.260 e. The molecule has 1 aliphatic rings. The van der Waals surface area contributed by atoms with Crippen molar-refractivity contribution in [1.82, 2.24) is 19.7 Å². The third kappa shape index (κ3) is 4.57. The molecule has 1 fully saturated rings. The van der Waals surface area contributed by atoms with Crippen molar-refractivity contribution in [3.8, 4) is 5.75 Å². The van der Waals surface area contributed by atoms with Crippen LogP contribution >= 0.6 is 0 Å². The van der Waals surface area contributed by atoms with Crippen molar-refractivity contribution in [2.24, 2.45) is 5.92 Å². The summed E-state index contributed by atoms with van der Waals surface area (Å²) in [6, 6.07) is 19.7. The predicted molar refractivity (Wildman–Crippen MR) is 106 cm³/mol. The number of ether oxygens (including phenoxy) is 1. The van der Waals surface area contributed by atoms with Crippen LogP contribution in [-0.4, -0.2) is 45.3 Å². The minimum Gasteiger partial charge on any atom is -0.484 e. The Labute approximate surface area is 164 Å². The molecule has 0 bridgehead atoms. The van der Waals surface area contributed by atoms with Gasteiger partial charge in [-0.15, -0.1) is 10.2 Å². The van der Waals surface area contributed by atoms with E-state index in [4.69, 9.17) is 4.74 Å². The molecule has 6 heteroatoms. The molecule has 1 amide bonds. The minimum atomic E-state index is 0.0390. The summed E-state index contributed by atoms with van der Waals surface area (Å²) >= 11 is 0. The van der Waals surface area contributed by atoms with Crippen LogP contribution in [0, 0.1) is 5.92 Å². The van der Waals surface area contributed by atoms with Crippen LogP contribution in [-0.2, 0) is 17.8 Å². The molecule has 2 heterocycles. The van der Waals surface area contributed by atoms with Crippen LogP contribution in [0.3, 0.4) is 0 Å². The highest BCUT2D eigenvalue weighted by molar-refractivity contribution is 5.78. The van der Waals surface area contributed by atoms with Gasteiger partial charge in [-0.3, -0.25) is 4.79 Å². The maximum atomic E-state index is 12.4. The Morgan fingerprint density at radius 2 is 1.82 bits per heavy atom. The van der Waals surface area contributed by atoms with Gasteiger partial charge in [0, 0.05) is 19.5 Å². The minimum absolute atomic E-state index is 0.0390. The fourth-order valence-corrected chi connectivity index (χ4v) is 3.59. The number of carbonyl (C=O) groups is 1. The van der Waals surface area contributed by atoms with Gasteiger partial charge in [-0.25, -0.2) is 0 Å². The topological polar surface area (TPSA) is 60.2 Å². The third-order valence-corrected chi connectivity index (χ3v) is 5.11. The first-order valence-corrected chi connectivity index (χ1v) is 9.64. The lowest BCUT2D eigenvalue weighted by molar-refractivity contribution is -0.132. The van der Waals surface area contributed by atoms with E-state index in [-0.39, 0.29) is 12.5 Å². The number of aromatic nitrogens is 3. The van der Waals surface area contributed by atoms with E-state index in [1.54, 1.807) is 6.33 Å². The summed E-state index contributed by atoms with van der Waals surface area (Å²) in [6.07, 6.45) is 3.60. The number of hydrogen-bond donors (Lipinski definition) is 0. The van der Waals surface area contributed by atoms with E-state index in [0.29, 0.717) is 5.92 Å². The number of nitrogens with zero attached hydrogens (tertiary/aromatic N) is 4. The Bertz CT molecular complexity index is 895. The maximum absolute atomic E-state index is 12.4. The summed E-state index contributed by atoms with van der Waals surface area (Å²) in [5.41, 5.74) is 1.23. The summed E-state index contributed by atoms with van der Waals surface area (Å²) in [7, 11) is 0. The zero-order valence-electron chi connectivity index (χ0n) is 15.8. The number of amides is 1. The van der Waals surface area contributed by atoms with Gasteiger partial charge in [0.2, 0.25) is 0 Å². The van der Waals surface area contributed by atoms with Gasteiger partial charge < -0.3 is 14.2 Å². The van der Waals surface area contributed by atoms with Gasteiger partial charge in [0.1, 0.15) is 17.9 Å². The number of benzene rings is 2. The predicted octanol–water partition coefficient (Wildman–Crippen LogP) is 2.80. The van der Waals surface area contributed by atoms with E-state index in [1.807, 2.05) is 53.4 Å². The number of carbonyl (C=O) groups excluding carboxylic acids is 1. The zero-order chi connectivity index (χ0) is 19.2. The van der Waals surface area contributed by atoms with Crippen LogP contribution in [0.5, 0.6) is 5.75 Å². The van der Waals surface area contributed by atoms with Crippen molar-refractivity contribution < 1.29 is 9.53 Å². The summed E-state index contributed by atoms with van der Waals surface area (Å²) < 4.78 is 7.68. The molecule has 3 aromatic rings. The van der Waals surface area contributed by atoms with Crippen LogP contribution in [0.15, 0.2) is 67.0 Å². The molecular formula is C22H24N4O2. The molecule has 144 valence electrons. The Morgan fingerprint density at radius 1 is 1.07 bits per heavy atom. The molecule has 1 unspecified atom stereocenters. The molecular weight excluding hydrogens is 352 g/mol. The molecule has 0 N–H and O–H groups in total. The summed E-state index contributed by atoms with van der Waals surface area (Å²) in [5.74, 6) is 2.14. The fraction of sp³-hybridized carbons (Fsp3) is 0.318. The van der Waals surface area contributed by atoms with E-state index in [2.05, 4.69) is 26.9 Å². The first-order chi connectivity index (χ1) is 13.8. The first kappa shape index (κ1) is 18.2. The monoisotopic (exact) mass is 376 g/mol. The van der Waals surface area contributed by atoms with E-state index in [0.717, 1.165) is 44.0 Å². The second-order valence-corrected chi connectivity index (χ2v) is 7.16. The summed E-state index contributed by atoms with van der Waals surface area (Å²) in [6.45, 7) is 2.37. The van der Waals surface area contributed by atoms with Gasteiger partial charge >= 0.3 is 0 Å². The van der Waals surface area contributed by atoms with Crippen LogP contribution in [0.25, 0.3) is 0 Å². The van der Waals surface area contributed by atoms with Crippen molar-refractivity contribution in [2.75, 3.05) is 19.7 Å². The van der Waals surface area contributed by atoms with Gasteiger partial charge in [0.15, 0.2) is 6.61 Å². The molecule has 0 radical (unpaired) electrons. The molecule has 4 rings (SSSR count). The third-order valence-electron chi connectivity index (χ3n) is 5.11. The molecule has 1 atom stereocenters. The molecule has 0 saturated carbocycles. The Kier molecular flexibility index (Phi) is 5.66. The van der Waals surface area contributed by atoms with Gasteiger partial charge in [0.25, 0.3) is 5.91 Å². The van der Waals surface area contributed by atoms with Crippen molar-refractivity contribution in [3.63, 3.8) is 0 Å². The molecule has 6 nitrogen and oxygen atoms in total. The zero-order valence-corrected chi connectivity index (χ0v) is 15.8. The number of para-hydroxylation sites is 1. The Hall–Kier alpha value is -3.15. The van der Waals surface area contributed by atoms with E-state index >= 15 is 0 Å². The molecule has 0 spiro atoms. The van der Waals surface area contributed by atoms with Crippen molar-refractivity contribution in [1.29, 1.82) is 0 Å². The van der Waals surface area contributed by atoms with Crippen molar-refractivity contribution >= 4 is 5.91 Å². The second kappa shape index (κ2) is 8.69. The van der Waals surface area contributed by atoms with Crippen LogP contribution in [0.4, 0.5) is 0 Å². The summed E-state index contributed by atoms with van der Waals surface area (Å²) in [4.78, 5) is 14.3. The number of hydrogen-bond acceptors (Lipinski definition) is 4. The first-order valence-electron chi connectivity index (χ1n) is 9.64. The highest BCUT2D eigenvalue weighted by Gasteiger charge is 2.27. The molecule has 1 aliphatic heterocycles. The average Bonchev–Trinajstić information content (AvgIpc) is 3.38. The number of likely N-dealkylation sites (tertiary alicyclic amines) is 1. The highest BCUT2D eigenvalue weighted by Crippen LogP contribution is 2.21. The largest absolute Gasteiger partial charge is 0.484 e. The molecule has 28 heavy (non-hydrogen) atoms. The highest BCUT2D eigenvalue weighted by atomic mass is 16.5. The average molecular weight is 376 g/mol. The smallest absolute Gasteiger partial charge is 0.260 e. The lowest BCUT2D eigenvalue weighted by Gasteiger charge is -2.17. The van der Waals surface area contributed by atoms with Gasteiger partial charge in [-0.05, 0) is 30.0 Å². The SMILES string of the molecule is O=C(COc1ccccc1)N1CCC(Cc2nncn2Cc2ccccc2)C1. The lowest BCUT2D eigenvalue weighted by Crippen LogP contribution is -2.33. The fourth-order valence-electron chi connectivity index (χ4n) is 3.59. The Balaban J connectivity index is 1.29. The van der Waals surface area contributed by atoms with Gasteiger partial charge in [-0.1, -0.05) is 48.5 Å². The van der Waals surface area contributed by atoms with E-state index < -0.39 is 0 Å².